The summed E-state index contributed by atoms with van der Waals surface area (Å²) in [6, 6.07) is 22.2. The van der Waals surface area contributed by atoms with Gasteiger partial charge in [0, 0.05) is 10.0 Å². The standard InChI is InChI=1S/C25H25BrO4/c1-25(2,3)21-17-18(26)13-14-23(21)30-24(27)20-11-7-8-12-22(20)29-16-15-28-19-9-5-4-6-10-19/h4-14,17H,15-16H2,1-3H3. The van der Waals surface area contributed by atoms with E-state index in [0.29, 0.717) is 30.3 Å². The molecule has 3 rings (SSSR count). The third kappa shape index (κ3) is 5.86. The molecule has 3 aromatic rings. The van der Waals surface area contributed by atoms with Gasteiger partial charge in [0.05, 0.1) is 0 Å². The van der Waals surface area contributed by atoms with Crippen molar-refractivity contribution in [1.29, 1.82) is 0 Å². The number of para-hydroxylation sites is 2. The van der Waals surface area contributed by atoms with Crippen LogP contribution in [-0.4, -0.2) is 19.2 Å². The molecule has 0 saturated heterocycles. The van der Waals surface area contributed by atoms with Crippen LogP contribution in [0.1, 0.15) is 36.7 Å². The minimum Gasteiger partial charge on any atom is -0.490 e. The van der Waals surface area contributed by atoms with Gasteiger partial charge in [0.15, 0.2) is 0 Å². The molecule has 5 heteroatoms. The van der Waals surface area contributed by atoms with Crippen LogP contribution in [0.2, 0.25) is 0 Å². The van der Waals surface area contributed by atoms with Crippen molar-refractivity contribution < 1.29 is 19.0 Å². The molecule has 0 aliphatic rings. The lowest BCUT2D eigenvalue weighted by Crippen LogP contribution is -2.17. The number of carbonyl (C=O) groups is 1. The van der Waals surface area contributed by atoms with E-state index in [-0.39, 0.29) is 5.41 Å². The van der Waals surface area contributed by atoms with Gasteiger partial charge in [-0.25, -0.2) is 4.79 Å². The summed E-state index contributed by atoms with van der Waals surface area (Å²) in [6.45, 7) is 6.92. The lowest BCUT2D eigenvalue weighted by Gasteiger charge is -2.22. The van der Waals surface area contributed by atoms with E-state index >= 15 is 0 Å². The van der Waals surface area contributed by atoms with E-state index in [1.165, 1.54) is 0 Å². The molecular formula is C25H25BrO4. The van der Waals surface area contributed by atoms with Crippen molar-refractivity contribution in [3.63, 3.8) is 0 Å². The molecule has 0 heterocycles. The number of halogens is 1. The van der Waals surface area contributed by atoms with Crippen LogP contribution in [0, 0.1) is 0 Å². The topological polar surface area (TPSA) is 44.8 Å². The highest BCUT2D eigenvalue weighted by molar-refractivity contribution is 9.10. The normalized spacial score (nSPS) is 11.1. The zero-order valence-electron chi connectivity index (χ0n) is 17.4. The Bertz CT molecular complexity index is 994. The summed E-state index contributed by atoms with van der Waals surface area (Å²) in [6.07, 6.45) is 0. The van der Waals surface area contributed by atoms with Crippen LogP contribution in [-0.2, 0) is 5.41 Å². The summed E-state index contributed by atoms with van der Waals surface area (Å²) < 4.78 is 18.1. The maximum absolute atomic E-state index is 12.9. The number of esters is 1. The third-order valence-corrected chi connectivity index (χ3v) is 4.91. The summed E-state index contributed by atoms with van der Waals surface area (Å²) in [5, 5.41) is 0. The van der Waals surface area contributed by atoms with Crippen LogP contribution in [0.25, 0.3) is 0 Å². The smallest absolute Gasteiger partial charge is 0.347 e. The first-order valence-electron chi connectivity index (χ1n) is 9.76. The number of benzene rings is 3. The Morgan fingerprint density at radius 1 is 0.833 bits per heavy atom. The Morgan fingerprint density at radius 2 is 1.50 bits per heavy atom. The minimum absolute atomic E-state index is 0.176. The molecule has 156 valence electrons. The number of hydrogen-bond acceptors (Lipinski definition) is 4. The van der Waals surface area contributed by atoms with E-state index < -0.39 is 5.97 Å². The van der Waals surface area contributed by atoms with Crippen LogP contribution in [0.5, 0.6) is 17.2 Å². The largest absolute Gasteiger partial charge is 0.490 e. The first kappa shape index (κ1) is 21.9. The van der Waals surface area contributed by atoms with Crippen molar-refractivity contribution >= 4 is 21.9 Å². The molecule has 0 aromatic heterocycles. The zero-order valence-corrected chi connectivity index (χ0v) is 18.9. The Labute approximate surface area is 185 Å². The molecule has 0 atom stereocenters. The highest BCUT2D eigenvalue weighted by atomic mass is 79.9. The van der Waals surface area contributed by atoms with Gasteiger partial charge in [0.25, 0.3) is 0 Å². The molecule has 0 fully saturated rings. The molecule has 3 aromatic carbocycles. The quantitative estimate of drug-likeness (QED) is 0.228. The van der Waals surface area contributed by atoms with Gasteiger partial charge in [-0.2, -0.15) is 0 Å². The fraction of sp³-hybridized carbons (Fsp3) is 0.240. The van der Waals surface area contributed by atoms with Gasteiger partial charge in [-0.15, -0.1) is 0 Å². The van der Waals surface area contributed by atoms with Gasteiger partial charge in [-0.05, 0) is 47.9 Å². The Kier molecular flexibility index (Phi) is 7.16. The van der Waals surface area contributed by atoms with Crippen LogP contribution in [0.4, 0.5) is 0 Å². The molecule has 30 heavy (non-hydrogen) atoms. The van der Waals surface area contributed by atoms with Gasteiger partial charge in [-0.3, -0.25) is 0 Å². The van der Waals surface area contributed by atoms with Crippen molar-refractivity contribution in [3.8, 4) is 17.2 Å². The molecule has 0 amide bonds. The third-order valence-electron chi connectivity index (χ3n) is 4.41. The molecule has 0 spiro atoms. The fourth-order valence-corrected chi connectivity index (χ4v) is 3.28. The number of rotatable bonds is 7. The summed E-state index contributed by atoms with van der Waals surface area (Å²) in [4.78, 5) is 12.9. The molecule has 0 unspecified atom stereocenters. The van der Waals surface area contributed by atoms with Crippen LogP contribution >= 0.6 is 15.9 Å². The van der Waals surface area contributed by atoms with Crippen LogP contribution in [0.15, 0.2) is 77.3 Å². The Hall–Kier alpha value is -2.79. The SMILES string of the molecule is CC(C)(C)c1cc(Br)ccc1OC(=O)c1ccccc1OCCOc1ccccc1. The number of carbonyl (C=O) groups excluding carboxylic acids is 1. The lowest BCUT2D eigenvalue weighted by atomic mass is 9.86. The molecule has 0 N–H and O–H groups in total. The molecule has 0 saturated carbocycles. The van der Waals surface area contributed by atoms with Gasteiger partial charge in [0.2, 0.25) is 0 Å². The van der Waals surface area contributed by atoms with Gasteiger partial charge >= 0.3 is 5.97 Å². The van der Waals surface area contributed by atoms with Crippen molar-refractivity contribution in [2.45, 2.75) is 26.2 Å². The van der Waals surface area contributed by atoms with Gasteiger partial charge in [-0.1, -0.05) is 67.0 Å². The van der Waals surface area contributed by atoms with Gasteiger partial charge < -0.3 is 14.2 Å². The van der Waals surface area contributed by atoms with Crippen LogP contribution < -0.4 is 14.2 Å². The fourth-order valence-electron chi connectivity index (χ4n) is 2.92. The van der Waals surface area contributed by atoms with Crippen molar-refractivity contribution in [3.05, 3.63) is 88.4 Å². The molecule has 0 aliphatic carbocycles. The highest BCUT2D eigenvalue weighted by Gasteiger charge is 2.22. The summed E-state index contributed by atoms with van der Waals surface area (Å²) >= 11 is 3.49. The predicted molar refractivity (Wildman–Crippen MR) is 122 cm³/mol. The summed E-state index contributed by atoms with van der Waals surface area (Å²) in [5.74, 6) is 1.33. The average Bonchev–Trinajstić information content (AvgIpc) is 2.73. The molecule has 0 bridgehead atoms. The monoisotopic (exact) mass is 468 g/mol. The summed E-state index contributed by atoms with van der Waals surface area (Å²) in [7, 11) is 0. The zero-order chi connectivity index (χ0) is 21.6. The van der Waals surface area contributed by atoms with E-state index in [0.717, 1.165) is 15.8 Å². The molecule has 4 nitrogen and oxygen atoms in total. The number of hydrogen-bond donors (Lipinski definition) is 0. The first-order valence-corrected chi connectivity index (χ1v) is 10.6. The Balaban J connectivity index is 1.69. The predicted octanol–water partition coefficient (Wildman–Crippen LogP) is 6.42. The molecular weight excluding hydrogens is 444 g/mol. The van der Waals surface area contributed by atoms with E-state index in [1.807, 2.05) is 48.5 Å². The van der Waals surface area contributed by atoms with Crippen molar-refractivity contribution in [2.24, 2.45) is 0 Å². The number of ether oxygens (including phenoxy) is 3. The van der Waals surface area contributed by atoms with E-state index in [9.17, 15) is 4.79 Å². The molecule has 0 aliphatic heterocycles. The average molecular weight is 469 g/mol. The first-order chi connectivity index (χ1) is 14.3. The van der Waals surface area contributed by atoms with Crippen molar-refractivity contribution in [1.82, 2.24) is 0 Å². The van der Waals surface area contributed by atoms with Gasteiger partial charge in [0.1, 0.15) is 36.0 Å². The van der Waals surface area contributed by atoms with Crippen LogP contribution in [0.3, 0.4) is 0 Å². The second-order valence-corrected chi connectivity index (χ2v) is 8.70. The second kappa shape index (κ2) is 9.81. The Morgan fingerprint density at radius 3 is 2.23 bits per heavy atom. The summed E-state index contributed by atoms with van der Waals surface area (Å²) in [5.41, 5.74) is 1.14. The maximum atomic E-state index is 12.9. The molecule has 0 radical (unpaired) electrons. The second-order valence-electron chi connectivity index (χ2n) is 7.79. The minimum atomic E-state index is -0.456. The van der Waals surface area contributed by atoms with E-state index in [1.54, 1.807) is 24.3 Å². The lowest BCUT2D eigenvalue weighted by molar-refractivity contribution is 0.0726. The van der Waals surface area contributed by atoms with E-state index in [2.05, 4.69) is 36.7 Å². The maximum Gasteiger partial charge on any atom is 0.347 e. The highest BCUT2D eigenvalue weighted by Crippen LogP contribution is 2.34. The van der Waals surface area contributed by atoms with Crippen molar-refractivity contribution in [2.75, 3.05) is 13.2 Å². The van der Waals surface area contributed by atoms with E-state index in [4.69, 9.17) is 14.2 Å².